The molecule has 1 aromatic carbocycles. The maximum Gasteiger partial charge on any atom is 0.0735 e. The zero-order valence-electron chi connectivity index (χ0n) is 13.0. The van der Waals surface area contributed by atoms with Gasteiger partial charge >= 0.3 is 0 Å². The van der Waals surface area contributed by atoms with E-state index in [1.54, 1.807) is 0 Å². The lowest BCUT2D eigenvalue weighted by Gasteiger charge is -2.07. The Morgan fingerprint density at radius 1 is 1.10 bits per heavy atom. The van der Waals surface area contributed by atoms with Crippen LogP contribution >= 0.6 is 11.3 Å². The monoisotopic (exact) mass is 307 g/mol. The van der Waals surface area contributed by atoms with Gasteiger partial charge in [0.05, 0.1) is 19.8 Å². The van der Waals surface area contributed by atoms with Crippen molar-refractivity contribution in [1.29, 1.82) is 0 Å². The van der Waals surface area contributed by atoms with Gasteiger partial charge in [-0.3, -0.25) is 0 Å². The average molecular weight is 307 g/mol. The fourth-order valence-electron chi connectivity index (χ4n) is 2.25. The summed E-state index contributed by atoms with van der Waals surface area (Å²) in [6.45, 7) is 5.91. The van der Waals surface area contributed by atoms with Crippen molar-refractivity contribution < 1.29 is 9.47 Å². The lowest BCUT2D eigenvalue weighted by atomic mass is 10.1. The second-order valence-electron chi connectivity index (χ2n) is 5.05. The van der Waals surface area contributed by atoms with Gasteiger partial charge in [-0.25, -0.2) is 0 Å². The van der Waals surface area contributed by atoms with Gasteiger partial charge in [0, 0.05) is 28.3 Å². The van der Waals surface area contributed by atoms with Crippen LogP contribution in [0, 0.1) is 0 Å². The third-order valence-corrected chi connectivity index (χ3v) is 4.59. The van der Waals surface area contributed by atoms with Crippen molar-refractivity contribution in [2.24, 2.45) is 0 Å². The molecule has 0 saturated carbocycles. The molecule has 3 nitrogen and oxygen atoms in total. The molecule has 1 N–H and O–H groups in total. The van der Waals surface area contributed by atoms with Crippen LogP contribution in [-0.2, 0) is 22.6 Å². The highest BCUT2D eigenvalue weighted by Gasteiger charge is 2.11. The first kappa shape index (κ1) is 16.4. The molecule has 0 amide bonds. The number of benzene rings is 1. The zero-order chi connectivity index (χ0) is 14.9. The topological polar surface area (TPSA) is 30.5 Å². The summed E-state index contributed by atoms with van der Waals surface area (Å²) in [5.74, 6) is 0. The highest BCUT2D eigenvalue weighted by molar-refractivity contribution is 7.19. The predicted molar refractivity (Wildman–Crippen MR) is 90.0 cm³/mol. The van der Waals surface area contributed by atoms with Crippen LogP contribution in [0.2, 0.25) is 0 Å². The summed E-state index contributed by atoms with van der Waals surface area (Å²) < 4.78 is 12.7. The number of hydrogen-bond donors (Lipinski definition) is 1. The lowest BCUT2D eigenvalue weighted by Crippen LogP contribution is -2.08. The molecule has 0 fully saturated rings. The molecule has 2 rings (SSSR count). The molecule has 0 bridgehead atoms. The standard InChI is InChI=1S/C17H25NO2S/c1-3-4-9-19-10-11-20-13-15-14-7-5-6-8-16(14)21-17(15)12-18-2/h5-8,18H,3-4,9-13H2,1-2H3. The quantitative estimate of drug-likeness (QED) is 0.674. The third-order valence-electron chi connectivity index (χ3n) is 3.38. The third kappa shape index (κ3) is 4.78. The van der Waals surface area contributed by atoms with Crippen molar-refractivity contribution in [2.45, 2.75) is 32.9 Å². The van der Waals surface area contributed by atoms with Crippen LogP contribution in [-0.4, -0.2) is 26.9 Å². The Hall–Kier alpha value is -0.940. The minimum Gasteiger partial charge on any atom is -0.379 e. The van der Waals surface area contributed by atoms with Crippen molar-refractivity contribution in [3.8, 4) is 0 Å². The van der Waals surface area contributed by atoms with Crippen molar-refractivity contribution in [3.05, 3.63) is 34.7 Å². The Labute approximate surface area is 131 Å². The van der Waals surface area contributed by atoms with Crippen molar-refractivity contribution >= 4 is 21.4 Å². The van der Waals surface area contributed by atoms with Crippen LogP contribution in [0.4, 0.5) is 0 Å². The van der Waals surface area contributed by atoms with Gasteiger partial charge in [-0.2, -0.15) is 0 Å². The van der Waals surface area contributed by atoms with Gasteiger partial charge in [-0.1, -0.05) is 31.5 Å². The molecule has 0 unspecified atom stereocenters. The summed E-state index contributed by atoms with van der Waals surface area (Å²) in [7, 11) is 1.98. The second kappa shape index (κ2) is 9.15. The van der Waals surface area contributed by atoms with Crippen LogP contribution in [0.5, 0.6) is 0 Å². The molecule has 0 saturated heterocycles. The second-order valence-corrected chi connectivity index (χ2v) is 6.19. The summed E-state index contributed by atoms with van der Waals surface area (Å²) in [5.41, 5.74) is 1.32. The normalized spacial score (nSPS) is 11.3. The minimum atomic E-state index is 0.660. The summed E-state index contributed by atoms with van der Waals surface area (Å²) in [4.78, 5) is 1.37. The number of thiophene rings is 1. The number of hydrogen-bond acceptors (Lipinski definition) is 4. The summed E-state index contributed by atoms with van der Waals surface area (Å²) in [6, 6.07) is 8.54. The maximum absolute atomic E-state index is 5.81. The van der Waals surface area contributed by atoms with E-state index in [1.165, 1.54) is 26.9 Å². The molecule has 0 atom stereocenters. The Balaban J connectivity index is 1.89. The van der Waals surface area contributed by atoms with E-state index in [1.807, 2.05) is 18.4 Å². The van der Waals surface area contributed by atoms with E-state index in [0.717, 1.165) is 19.6 Å². The fraction of sp³-hybridized carbons (Fsp3) is 0.529. The number of ether oxygens (including phenoxy) is 2. The van der Waals surface area contributed by atoms with E-state index >= 15 is 0 Å². The first-order valence-corrected chi connectivity index (χ1v) is 8.47. The Bertz CT molecular complexity index is 539. The van der Waals surface area contributed by atoms with Crippen molar-refractivity contribution in [2.75, 3.05) is 26.9 Å². The van der Waals surface area contributed by atoms with Gasteiger partial charge in [0.25, 0.3) is 0 Å². The number of rotatable bonds is 10. The van der Waals surface area contributed by atoms with Gasteiger partial charge in [-0.15, -0.1) is 11.3 Å². The van der Waals surface area contributed by atoms with Gasteiger partial charge in [0.2, 0.25) is 0 Å². The van der Waals surface area contributed by atoms with E-state index in [2.05, 4.69) is 36.5 Å². The number of unbranched alkanes of at least 4 members (excludes halogenated alkanes) is 1. The molecule has 0 radical (unpaired) electrons. The Kier molecular flexibility index (Phi) is 7.16. The molecular weight excluding hydrogens is 282 g/mol. The maximum atomic E-state index is 5.81. The lowest BCUT2D eigenvalue weighted by molar-refractivity contribution is 0.0399. The van der Waals surface area contributed by atoms with E-state index in [0.29, 0.717) is 19.8 Å². The largest absolute Gasteiger partial charge is 0.379 e. The van der Waals surface area contributed by atoms with Crippen LogP contribution in [0.15, 0.2) is 24.3 Å². The van der Waals surface area contributed by atoms with E-state index in [9.17, 15) is 0 Å². The minimum absolute atomic E-state index is 0.660. The van der Waals surface area contributed by atoms with E-state index in [-0.39, 0.29) is 0 Å². The fourth-order valence-corrected chi connectivity index (χ4v) is 3.47. The van der Waals surface area contributed by atoms with Crippen molar-refractivity contribution in [3.63, 3.8) is 0 Å². The zero-order valence-corrected chi connectivity index (χ0v) is 13.8. The summed E-state index contributed by atoms with van der Waals surface area (Å²) in [5, 5.41) is 4.56. The summed E-state index contributed by atoms with van der Waals surface area (Å²) in [6.07, 6.45) is 2.30. The van der Waals surface area contributed by atoms with E-state index in [4.69, 9.17) is 9.47 Å². The van der Waals surface area contributed by atoms with Crippen molar-refractivity contribution in [1.82, 2.24) is 5.32 Å². The van der Waals surface area contributed by atoms with Crippen LogP contribution in [0.3, 0.4) is 0 Å². The molecule has 0 aliphatic rings. The SMILES string of the molecule is CCCCOCCOCc1c(CNC)sc2ccccc12. The van der Waals surface area contributed by atoms with Crippen LogP contribution in [0.25, 0.3) is 10.1 Å². The molecule has 2 aromatic rings. The first-order chi connectivity index (χ1) is 10.4. The van der Waals surface area contributed by atoms with Gasteiger partial charge in [-0.05, 0) is 24.9 Å². The summed E-state index contributed by atoms with van der Waals surface area (Å²) >= 11 is 1.85. The highest BCUT2D eigenvalue weighted by atomic mass is 32.1. The Morgan fingerprint density at radius 3 is 2.71 bits per heavy atom. The molecule has 1 aromatic heterocycles. The van der Waals surface area contributed by atoms with E-state index < -0.39 is 0 Å². The molecule has 0 aliphatic heterocycles. The molecule has 0 spiro atoms. The molecule has 116 valence electrons. The molecule has 0 aliphatic carbocycles. The molecule has 1 heterocycles. The van der Waals surface area contributed by atoms with Gasteiger partial charge < -0.3 is 14.8 Å². The molecule has 4 heteroatoms. The Morgan fingerprint density at radius 2 is 1.90 bits per heavy atom. The molecular formula is C17H25NO2S. The van der Waals surface area contributed by atoms with Crippen LogP contribution in [0.1, 0.15) is 30.2 Å². The van der Waals surface area contributed by atoms with Gasteiger partial charge in [0.15, 0.2) is 0 Å². The average Bonchev–Trinajstić information content (AvgIpc) is 2.84. The number of nitrogens with one attached hydrogen (secondary N) is 1. The molecule has 21 heavy (non-hydrogen) atoms. The highest BCUT2D eigenvalue weighted by Crippen LogP contribution is 2.31. The predicted octanol–water partition coefficient (Wildman–Crippen LogP) is 3.95. The van der Waals surface area contributed by atoms with Crippen LogP contribution < -0.4 is 5.32 Å². The smallest absolute Gasteiger partial charge is 0.0735 e. The number of fused-ring (bicyclic) bond motifs is 1. The first-order valence-electron chi connectivity index (χ1n) is 7.66. The van der Waals surface area contributed by atoms with Gasteiger partial charge in [0.1, 0.15) is 0 Å².